The summed E-state index contributed by atoms with van der Waals surface area (Å²) in [4.78, 5) is -0.154. The maximum absolute atomic E-state index is 13.2. The van der Waals surface area contributed by atoms with Gasteiger partial charge in [-0.25, -0.2) is 12.8 Å². The van der Waals surface area contributed by atoms with Gasteiger partial charge in [-0.05, 0) is 49.2 Å². The number of phenolic OH excluding ortho intramolecular Hbond substituents is 1. The Balaban J connectivity index is 2.46. The minimum atomic E-state index is -3.96. The van der Waals surface area contributed by atoms with E-state index in [0.29, 0.717) is 5.56 Å². The summed E-state index contributed by atoms with van der Waals surface area (Å²) in [5.74, 6) is -0.822. The molecule has 0 fully saturated rings. The van der Waals surface area contributed by atoms with Crippen LogP contribution in [0.4, 0.5) is 10.1 Å². The Kier molecular flexibility index (Phi) is 3.67. The zero-order chi connectivity index (χ0) is 14.9. The number of nitrogens with one attached hydrogen (secondary N) is 1. The third-order valence-corrected chi connectivity index (χ3v) is 4.34. The van der Waals surface area contributed by atoms with Crippen LogP contribution in [0, 0.1) is 19.7 Å². The van der Waals surface area contributed by atoms with Crippen molar-refractivity contribution in [3.63, 3.8) is 0 Å². The number of benzene rings is 2. The van der Waals surface area contributed by atoms with Crippen molar-refractivity contribution in [1.82, 2.24) is 0 Å². The predicted octanol–water partition coefficient (Wildman–Crippen LogP) is 2.95. The Morgan fingerprint density at radius 3 is 2.50 bits per heavy atom. The van der Waals surface area contributed by atoms with Gasteiger partial charge in [0, 0.05) is 0 Å². The lowest BCUT2D eigenvalue weighted by atomic mass is 10.2. The van der Waals surface area contributed by atoms with Gasteiger partial charge in [0.05, 0.1) is 10.6 Å². The number of anilines is 1. The molecule has 0 heterocycles. The summed E-state index contributed by atoms with van der Waals surface area (Å²) in [5.41, 5.74) is 1.27. The molecule has 2 aromatic carbocycles. The molecule has 0 saturated heterocycles. The molecule has 0 aromatic heterocycles. The number of aromatic hydroxyl groups is 1. The number of sulfonamides is 1. The van der Waals surface area contributed by atoms with Crippen molar-refractivity contribution < 1.29 is 17.9 Å². The summed E-state index contributed by atoms with van der Waals surface area (Å²) in [6, 6.07) is 8.08. The molecular weight excluding hydrogens is 281 g/mol. The zero-order valence-electron chi connectivity index (χ0n) is 11.0. The number of phenols is 1. The minimum Gasteiger partial charge on any atom is -0.506 e. The van der Waals surface area contributed by atoms with Gasteiger partial charge in [0.2, 0.25) is 0 Å². The van der Waals surface area contributed by atoms with Crippen LogP contribution in [-0.4, -0.2) is 13.5 Å². The normalized spacial score (nSPS) is 11.3. The van der Waals surface area contributed by atoms with E-state index in [-0.39, 0.29) is 16.3 Å². The molecule has 2 rings (SSSR count). The van der Waals surface area contributed by atoms with Gasteiger partial charge in [0.1, 0.15) is 11.6 Å². The summed E-state index contributed by atoms with van der Waals surface area (Å²) in [6.45, 7) is 3.34. The first-order valence-electron chi connectivity index (χ1n) is 5.88. The van der Waals surface area contributed by atoms with E-state index in [1.807, 2.05) is 0 Å². The molecule has 0 bridgehead atoms. The van der Waals surface area contributed by atoms with E-state index in [9.17, 15) is 17.9 Å². The van der Waals surface area contributed by atoms with Crippen molar-refractivity contribution in [3.05, 3.63) is 53.3 Å². The topological polar surface area (TPSA) is 66.4 Å². The molecule has 0 spiro atoms. The fourth-order valence-corrected chi connectivity index (χ4v) is 3.12. The standard InChI is InChI=1S/C14H14FNO3S/c1-9-3-6-13(17)12(7-9)16-20(18,19)14-8-11(15)5-4-10(14)2/h3-8,16-17H,1-2H3. The highest BCUT2D eigenvalue weighted by molar-refractivity contribution is 7.92. The highest BCUT2D eigenvalue weighted by atomic mass is 32.2. The van der Waals surface area contributed by atoms with Crippen LogP contribution in [0.25, 0.3) is 0 Å². The van der Waals surface area contributed by atoms with Crippen molar-refractivity contribution in [2.45, 2.75) is 18.7 Å². The van der Waals surface area contributed by atoms with E-state index in [0.717, 1.165) is 11.6 Å². The lowest BCUT2D eigenvalue weighted by Crippen LogP contribution is -2.14. The molecule has 0 unspecified atom stereocenters. The Morgan fingerprint density at radius 1 is 1.10 bits per heavy atom. The van der Waals surface area contributed by atoms with E-state index < -0.39 is 15.8 Å². The van der Waals surface area contributed by atoms with Crippen LogP contribution in [0.3, 0.4) is 0 Å². The number of rotatable bonds is 3. The molecule has 4 nitrogen and oxygen atoms in total. The molecule has 106 valence electrons. The van der Waals surface area contributed by atoms with Crippen LogP contribution in [0.2, 0.25) is 0 Å². The molecular formula is C14H14FNO3S. The highest BCUT2D eigenvalue weighted by Gasteiger charge is 2.19. The number of halogens is 1. The zero-order valence-corrected chi connectivity index (χ0v) is 11.8. The van der Waals surface area contributed by atoms with Crippen LogP contribution >= 0.6 is 0 Å². The van der Waals surface area contributed by atoms with Crippen molar-refractivity contribution in [2.24, 2.45) is 0 Å². The molecule has 2 N–H and O–H groups in total. The van der Waals surface area contributed by atoms with Gasteiger partial charge in [-0.2, -0.15) is 0 Å². The van der Waals surface area contributed by atoms with E-state index in [1.165, 1.54) is 24.3 Å². The van der Waals surface area contributed by atoms with E-state index in [4.69, 9.17) is 0 Å². The quantitative estimate of drug-likeness (QED) is 0.856. The third-order valence-electron chi connectivity index (χ3n) is 2.84. The van der Waals surface area contributed by atoms with Crippen LogP contribution in [0.15, 0.2) is 41.3 Å². The average molecular weight is 295 g/mol. The predicted molar refractivity (Wildman–Crippen MR) is 74.8 cm³/mol. The first-order chi connectivity index (χ1) is 9.29. The van der Waals surface area contributed by atoms with Gasteiger partial charge in [-0.3, -0.25) is 4.72 Å². The van der Waals surface area contributed by atoms with Crippen LogP contribution in [0.1, 0.15) is 11.1 Å². The molecule has 0 amide bonds. The maximum atomic E-state index is 13.2. The molecule has 2 aromatic rings. The van der Waals surface area contributed by atoms with Gasteiger partial charge in [0.15, 0.2) is 0 Å². The van der Waals surface area contributed by atoms with Gasteiger partial charge in [-0.1, -0.05) is 12.1 Å². The molecule has 6 heteroatoms. The summed E-state index contributed by atoms with van der Waals surface area (Å²) < 4.78 is 40.0. The van der Waals surface area contributed by atoms with E-state index in [2.05, 4.69) is 4.72 Å². The number of aryl methyl sites for hydroxylation is 2. The third kappa shape index (κ3) is 2.91. The lowest BCUT2D eigenvalue weighted by molar-refractivity contribution is 0.477. The number of hydrogen-bond donors (Lipinski definition) is 2. The van der Waals surface area contributed by atoms with Gasteiger partial charge < -0.3 is 5.11 Å². The Hall–Kier alpha value is -2.08. The Bertz CT molecular complexity index is 757. The molecule has 0 aliphatic heterocycles. The monoisotopic (exact) mass is 295 g/mol. The van der Waals surface area contributed by atoms with Crippen LogP contribution in [-0.2, 0) is 10.0 Å². The fraction of sp³-hybridized carbons (Fsp3) is 0.143. The van der Waals surface area contributed by atoms with Gasteiger partial charge in [0.25, 0.3) is 10.0 Å². The molecule has 0 atom stereocenters. The second-order valence-electron chi connectivity index (χ2n) is 4.54. The second-order valence-corrected chi connectivity index (χ2v) is 6.19. The molecule has 0 saturated carbocycles. The van der Waals surface area contributed by atoms with Crippen LogP contribution < -0.4 is 4.72 Å². The fourth-order valence-electron chi connectivity index (χ4n) is 1.79. The molecule has 0 aliphatic rings. The highest BCUT2D eigenvalue weighted by Crippen LogP contribution is 2.27. The molecule has 0 radical (unpaired) electrons. The molecule has 0 aliphatic carbocycles. The average Bonchev–Trinajstić information content (AvgIpc) is 2.36. The summed E-state index contributed by atoms with van der Waals surface area (Å²) in [6.07, 6.45) is 0. The second kappa shape index (κ2) is 5.13. The van der Waals surface area contributed by atoms with E-state index in [1.54, 1.807) is 19.9 Å². The largest absolute Gasteiger partial charge is 0.506 e. The minimum absolute atomic E-state index is 0.0636. The first-order valence-corrected chi connectivity index (χ1v) is 7.36. The van der Waals surface area contributed by atoms with Gasteiger partial charge in [-0.15, -0.1) is 0 Å². The lowest BCUT2D eigenvalue weighted by Gasteiger charge is -2.12. The Labute approximate surface area is 116 Å². The smallest absolute Gasteiger partial charge is 0.262 e. The first kappa shape index (κ1) is 14.3. The van der Waals surface area contributed by atoms with Crippen molar-refractivity contribution in [3.8, 4) is 5.75 Å². The summed E-state index contributed by atoms with van der Waals surface area (Å²) in [7, 11) is -3.96. The Morgan fingerprint density at radius 2 is 1.80 bits per heavy atom. The van der Waals surface area contributed by atoms with Crippen LogP contribution in [0.5, 0.6) is 5.75 Å². The maximum Gasteiger partial charge on any atom is 0.262 e. The van der Waals surface area contributed by atoms with E-state index >= 15 is 0 Å². The van der Waals surface area contributed by atoms with Crippen molar-refractivity contribution in [1.29, 1.82) is 0 Å². The SMILES string of the molecule is Cc1ccc(O)c(NS(=O)(=O)c2cc(F)ccc2C)c1. The van der Waals surface area contributed by atoms with Gasteiger partial charge >= 0.3 is 0 Å². The number of hydrogen-bond acceptors (Lipinski definition) is 3. The molecule has 20 heavy (non-hydrogen) atoms. The van der Waals surface area contributed by atoms with Crippen molar-refractivity contribution in [2.75, 3.05) is 4.72 Å². The summed E-state index contributed by atoms with van der Waals surface area (Å²) >= 11 is 0. The summed E-state index contributed by atoms with van der Waals surface area (Å²) in [5, 5.41) is 9.67. The van der Waals surface area contributed by atoms with Crippen molar-refractivity contribution >= 4 is 15.7 Å².